The molecule has 2 nitrogen and oxygen atoms in total. The van der Waals surface area contributed by atoms with E-state index in [9.17, 15) is 0 Å². The van der Waals surface area contributed by atoms with E-state index in [0.717, 1.165) is 25.0 Å². The summed E-state index contributed by atoms with van der Waals surface area (Å²) in [4.78, 5) is 0. The summed E-state index contributed by atoms with van der Waals surface area (Å²) in [6, 6.07) is 16.8. The molecule has 0 spiro atoms. The van der Waals surface area contributed by atoms with Crippen LogP contribution in [-0.2, 0) is 18.4 Å². The highest BCUT2D eigenvalue weighted by Gasteiger charge is 2.31. The fourth-order valence-corrected chi connectivity index (χ4v) is 2.93. The lowest BCUT2D eigenvalue weighted by molar-refractivity contribution is 0.383. The molecule has 19 heavy (non-hydrogen) atoms. The van der Waals surface area contributed by atoms with Gasteiger partial charge in [-0.25, -0.2) is 0 Å². The maximum absolute atomic E-state index is 6.65. The van der Waals surface area contributed by atoms with Crippen molar-refractivity contribution < 1.29 is 4.74 Å². The molecule has 98 valence electrons. The fraction of sp³-hybridized carbons (Fsp3) is 0.294. The van der Waals surface area contributed by atoms with Crippen LogP contribution in [0.3, 0.4) is 0 Å². The van der Waals surface area contributed by atoms with Crippen molar-refractivity contribution in [2.24, 2.45) is 5.73 Å². The minimum Gasteiger partial charge on any atom is -0.497 e. The van der Waals surface area contributed by atoms with Crippen LogP contribution in [0.1, 0.15) is 23.1 Å². The van der Waals surface area contributed by atoms with E-state index in [2.05, 4.69) is 36.4 Å². The smallest absolute Gasteiger partial charge is 0.118 e. The molecular weight excluding hydrogens is 234 g/mol. The molecule has 0 fully saturated rings. The van der Waals surface area contributed by atoms with Gasteiger partial charge in [0.2, 0.25) is 0 Å². The van der Waals surface area contributed by atoms with Crippen LogP contribution < -0.4 is 10.5 Å². The summed E-state index contributed by atoms with van der Waals surface area (Å²) in [5.74, 6) is 0.878. The minimum absolute atomic E-state index is 0.249. The fourth-order valence-electron chi connectivity index (χ4n) is 2.93. The summed E-state index contributed by atoms with van der Waals surface area (Å²) in [6.45, 7) is 0. The Kier molecular flexibility index (Phi) is 3.03. The van der Waals surface area contributed by atoms with E-state index in [1.165, 1.54) is 16.7 Å². The molecule has 0 saturated heterocycles. The third kappa shape index (κ3) is 2.24. The first-order chi connectivity index (χ1) is 9.21. The molecule has 2 aromatic rings. The highest BCUT2D eigenvalue weighted by molar-refractivity contribution is 5.38. The predicted octanol–water partition coefficient (Wildman–Crippen LogP) is 3.04. The van der Waals surface area contributed by atoms with E-state index >= 15 is 0 Å². The lowest BCUT2D eigenvalue weighted by Crippen LogP contribution is -2.42. The van der Waals surface area contributed by atoms with Crippen molar-refractivity contribution in [3.05, 3.63) is 65.2 Å². The zero-order valence-corrected chi connectivity index (χ0v) is 11.2. The molecule has 0 bridgehead atoms. The van der Waals surface area contributed by atoms with E-state index in [4.69, 9.17) is 10.5 Å². The zero-order valence-electron chi connectivity index (χ0n) is 11.2. The topological polar surface area (TPSA) is 35.2 Å². The monoisotopic (exact) mass is 253 g/mol. The first-order valence-electron chi connectivity index (χ1n) is 6.71. The van der Waals surface area contributed by atoms with Crippen molar-refractivity contribution in [1.29, 1.82) is 0 Å². The Bertz CT molecular complexity index is 576. The van der Waals surface area contributed by atoms with Crippen LogP contribution >= 0.6 is 0 Å². The lowest BCUT2D eigenvalue weighted by Gasteiger charge is -2.35. The second-order valence-corrected chi connectivity index (χ2v) is 5.33. The number of ether oxygens (including phenoxy) is 1. The van der Waals surface area contributed by atoms with Gasteiger partial charge < -0.3 is 10.5 Å². The van der Waals surface area contributed by atoms with Gasteiger partial charge in [0.15, 0.2) is 0 Å². The van der Waals surface area contributed by atoms with Crippen LogP contribution in [0.2, 0.25) is 0 Å². The van der Waals surface area contributed by atoms with Crippen LogP contribution in [0.4, 0.5) is 0 Å². The summed E-state index contributed by atoms with van der Waals surface area (Å²) in [5, 5.41) is 0. The first-order valence-corrected chi connectivity index (χ1v) is 6.71. The number of fused-ring (bicyclic) bond motifs is 1. The molecule has 2 N–H and O–H groups in total. The molecule has 0 radical (unpaired) electrons. The van der Waals surface area contributed by atoms with Gasteiger partial charge in [-0.15, -0.1) is 0 Å². The summed E-state index contributed by atoms with van der Waals surface area (Å²) in [6.07, 6.45) is 2.96. The molecule has 0 saturated carbocycles. The number of methoxy groups -OCH3 is 1. The number of nitrogens with two attached hydrogens (primary N) is 1. The Balaban J connectivity index is 1.92. The predicted molar refractivity (Wildman–Crippen MR) is 77.3 cm³/mol. The molecule has 1 unspecified atom stereocenters. The van der Waals surface area contributed by atoms with Crippen LogP contribution in [0, 0.1) is 0 Å². The minimum atomic E-state index is -0.249. The Morgan fingerprint density at radius 1 is 1.00 bits per heavy atom. The molecule has 1 atom stereocenters. The lowest BCUT2D eigenvalue weighted by atomic mass is 9.74. The van der Waals surface area contributed by atoms with Gasteiger partial charge in [-0.05, 0) is 48.1 Å². The van der Waals surface area contributed by atoms with Gasteiger partial charge in [0.05, 0.1) is 7.11 Å². The second-order valence-electron chi connectivity index (χ2n) is 5.33. The highest BCUT2D eigenvalue weighted by Crippen LogP contribution is 2.34. The second kappa shape index (κ2) is 4.71. The van der Waals surface area contributed by atoms with Crippen molar-refractivity contribution in [2.75, 3.05) is 7.11 Å². The maximum Gasteiger partial charge on any atom is 0.118 e. The molecule has 0 amide bonds. The Hall–Kier alpha value is -1.80. The Labute approximate surface area is 114 Å². The van der Waals surface area contributed by atoms with Gasteiger partial charge in [0.25, 0.3) is 0 Å². The number of hydrogen-bond donors (Lipinski definition) is 1. The van der Waals surface area contributed by atoms with Gasteiger partial charge in [0, 0.05) is 5.54 Å². The molecule has 1 aliphatic carbocycles. The summed E-state index contributed by atoms with van der Waals surface area (Å²) >= 11 is 0. The number of rotatable bonds is 2. The van der Waals surface area contributed by atoms with Gasteiger partial charge in [-0.2, -0.15) is 0 Å². The van der Waals surface area contributed by atoms with E-state index < -0.39 is 0 Å². The summed E-state index contributed by atoms with van der Waals surface area (Å²) in [7, 11) is 1.68. The quantitative estimate of drug-likeness (QED) is 0.893. The SMILES string of the molecule is COc1ccc(C2(N)CCc3ccccc3C2)cc1. The van der Waals surface area contributed by atoms with Crippen LogP contribution in [-0.4, -0.2) is 7.11 Å². The van der Waals surface area contributed by atoms with Gasteiger partial charge in [0.1, 0.15) is 5.75 Å². The van der Waals surface area contributed by atoms with Gasteiger partial charge in [-0.3, -0.25) is 0 Å². The first kappa shape index (κ1) is 12.2. The van der Waals surface area contributed by atoms with E-state index in [0.29, 0.717) is 0 Å². The van der Waals surface area contributed by atoms with Crippen molar-refractivity contribution in [3.63, 3.8) is 0 Å². The normalized spacial score (nSPS) is 21.8. The van der Waals surface area contributed by atoms with Crippen LogP contribution in [0.5, 0.6) is 5.75 Å². The third-order valence-corrected chi connectivity index (χ3v) is 4.13. The van der Waals surface area contributed by atoms with Crippen LogP contribution in [0.25, 0.3) is 0 Å². The van der Waals surface area contributed by atoms with Crippen LogP contribution in [0.15, 0.2) is 48.5 Å². The summed E-state index contributed by atoms with van der Waals surface area (Å²) < 4.78 is 5.20. The number of benzene rings is 2. The van der Waals surface area contributed by atoms with Crippen molar-refractivity contribution in [3.8, 4) is 5.75 Å². The summed E-state index contributed by atoms with van der Waals surface area (Å²) in [5.41, 5.74) is 10.4. The molecule has 0 heterocycles. The molecule has 1 aliphatic rings. The third-order valence-electron chi connectivity index (χ3n) is 4.13. The van der Waals surface area contributed by atoms with Crippen molar-refractivity contribution >= 4 is 0 Å². The van der Waals surface area contributed by atoms with E-state index in [1.807, 2.05) is 12.1 Å². The largest absolute Gasteiger partial charge is 0.497 e. The van der Waals surface area contributed by atoms with Crippen molar-refractivity contribution in [2.45, 2.75) is 24.8 Å². The molecule has 3 rings (SSSR count). The Morgan fingerprint density at radius 3 is 2.37 bits per heavy atom. The highest BCUT2D eigenvalue weighted by atomic mass is 16.5. The zero-order chi connectivity index (χ0) is 13.3. The van der Waals surface area contributed by atoms with Crippen molar-refractivity contribution in [1.82, 2.24) is 0 Å². The maximum atomic E-state index is 6.65. The van der Waals surface area contributed by atoms with E-state index in [-0.39, 0.29) is 5.54 Å². The number of hydrogen-bond acceptors (Lipinski definition) is 2. The molecular formula is C17H19NO. The molecule has 2 heteroatoms. The standard InChI is InChI=1S/C17H19NO/c1-19-16-8-6-15(7-9-16)17(18)11-10-13-4-2-3-5-14(13)12-17/h2-9H,10-12,18H2,1H3. The molecule has 0 aromatic heterocycles. The average Bonchev–Trinajstić information content (AvgIpc) is 2.47. The average molecular weight is 253 g/mol. The molecule has 0 aliphatic heterocycles. The van der Waals surface area contributed by atoms with Gasteiger partial charge >= 0.3 is 0 Å². The van der Waals surface area contributed by atoms with E-state index in [1.54, 1.807) is 7.11 Å². The van der Waals surface area contributed by atoms with Gasteiger partial charge in [-0.1, -0.05) is 36.4 Å². The number of aryl methyl sites for hydroxylation is 1. The molecule has 2 aromatic carbocycles. The Morgan fingerprint density at radius 2 is 1.68 bits per heavy atom.